The van der Waals surface area contributed by atoms with Gasteiger partial charge in [-0.05, 0) is 11.5 Å². The second-order valence-electron chi connectivity index (χ2n) is 4.90. The number of hydrogen-bond acceptors (Lipinski definition) is 3. The molecule has 0 bridgehead atoms. The summed E-state index contributed by atoms with van der Waals surface area (Å²) < 4.78 is 5.44. The second kappa shape index (κ2) is 6.06. The van der Waals surface area contributed by atoms with E-state index >= 15 is 0 Å². The van der Waals surface area contributed by atoms with E-state index in [1.165, 1.54) is 0 Å². The van der Waals surface area contributed by atoms with Gasteiger partial charge in [0.2, 0.25) is 5.88 Å². The molecule has 16 heavy (non-hydrogen) atoms. The SMILES string of the molecule is CC(C)(C)CNCCOc1ccc(Cl)cn1. The van der Waals surface area contributed by atoms with E-state index in [0.29, 0.717) is 22.9 Å². The highest BCUT2D eigenvalue weighted by atomic mass is 35.5. The van der Waals surface area contributed by atoms with Gasteiger partial charge in [-0.2, -0.15) is 0 Å². The van der Waals surface area contributed by atoms with Gasteiger partial charge in [-0.1, -0.05) is 32.4 Å². The molecular formula is C12H19ClN2O. The van der Waals surface area contributed by atoms with Crippen molar-refractivity contribution in [3.63, 3.8) is 0 Å². The number of pyridine rings is 1. The first-order valence-electron chi connectivity index (χ1n) is 5.42. The predicted octanol–water partition coefficient (Wildman–Crippen LogP) is 2.75. The minimum atomic E-state index is 0.304. The van der Waals surface area contributed by atoms with E-state index in [0.717, 1.165) is 13.1 Å². The molecule has 0 aromatic carbocycles. The van der Waals surface area contributed by atoms with Crippen LogP contribution in [0.3, 0.4) is 0 Å². The van der Waals surface area contributed by atoms with E-state index in [1.54, 1.807) is 18.3 Å². The van der Waals surface area contributed by atoms with Gasteiger partial charge in [-0.15, -0.1) is 0 Å². The maximum absolute atomic E-state index is 5.72. The number of nitrogens with one attached hydrogen (secondary N) is 1. The summed E-state index contributed by atoms with van der Waals surface area (Å²) in [6.45, 7) is 9.00. The van der Waals surface area contributed by atoms with Gasteiger partial charge in [-0.3, -0.25) is 0 Å². The summed E-state index contributed by atoms with van der Waals surface area (Å²) >= 11 is 5.72. The van der Waals surface area contributed by atoms with Crippen LogP contribution in [0.25, 0.3) is 0 Å². The number of halogens is 1. The highest BCUT2D eigenvalue weighted by molar-refractivity contribution is 6.30. The standard InChI is InChI=1S/C12H19ClN2O/c1-12(2,3)9-14-6-7-16-11-5-4-10(13)8-15-11/h4-5,8,14H,6-7,9H2,1-3H3. The molecule has 0 saturated carbocycles. The molecule has 3 nitrogen and oxygen atoms in total. The third-order valence-corrected chi connectivity index (χ3v) is 2.11. The molecule has 0 aliphatic rings. The fraction of sp³-hybridized carbons (Fsp3) is 0.583. The van der Waals surface area contributed by atoms with Crippen LogP contribution in [0.4, 0.5) is 0 Å². The molecule has 0 spiro atoms. The average Bonchev–Trinajstić information content (AvgIpc) is 2.19. The summed E-state index contributed by atoms with van der Waals surface area (Å²) in [5, 5.41) is 3.95. The maximum Gasteiger partial charge on any atom is 0.213 e. The van der Waals surface area contributed by atoms with Crippen LogP contribution in [-0.2, 0) is 0 Å². The molecule has 1 aromatic rings. The summed E-state index contributed by atoms with van der Waals surface area (Å²) in [6.07, 6.45) is 1.58. The van der Waals surface area contributed by atoms with Gasteiger partial charge in [0.05, 0.1) is 5.02 Å². The van der Waals surface area contributed by atoms with E-state index < -0.39 is 0 Å². The Balaban J connectivity index is 2.14. The number of rotatable bonds is 5. The molecule has 0 fully saturated rings. The highest BCUT2D eigenvalue weighted by Crippen LogP contribution is 2.11. The third kappa shape index (κ3) is 5.93. The van der Waals surface area contributed by atoms with Crippen LogP contribution in [-0.4, -0.2) is 24.7 Å². The lowest BCUT2D eigenvalue weighted by atomic mass is 9.97. The lowest BCUT2D eigenvalue weighted by Crippen LogP contribution is -2.30. The Morgan fingerprint density at radius 1 is 1.38 bits per heavy atom. The zero-order chi connectivity index (χ0) is 12.0. The lowest BCUT2D eigenvalue weighted by molar-refractivity contribution is 0.288. The van der Waals surface area contributed by atoms with Crippen LogP contribution < -0.4 is 10.1 Å². The molecule has 0 radical (unpaired) electrons. The Bertz CT molecular complexity index is 306. The summed E-state index contributed by atoms with van der Waals surface area (Å²) in [5.74, 6) is 0.613. The average molecular weight is 243 g/mol. The zero-order valence-corrected chi connectivity index (χ0v) is 10.8. The van der Waals surface area contributed by atoms with Gasteiger partial charge in [0.1, 0.15) is 6.61 Å². The van der Waals surface area contributed by atoms with E-state index in [-0.39, 0.29) is 0 Å². The molecule has 0 unspecified atom stereocenters. The Morgan fingerprint density at radius 3 is 2.69 bits per heavy atom. The summed E-state index contributed by atoms with van der Waals surface area (Å²) in [6, 6.07) is 3.54. The summed E-state index contributed by atoms with van der Waals surface area (Å²) in [4.78, 5) is 4.04. The molecule has 1 heterocycles. The fourth-order valence-corrected chi connectivity index (χ4v) is 1.25. The van der Waals surface area contributed by atoms with Gasteiger partial charge in [0.25, 0.3) is 0 Å². The van der Waals surface area contributed by atoms with Crippen molar-refractivity contribution >= 4 is 11.6 Å². The molecular weight excluding hydrogens is 224 g/mol. The summed E-state index contributed by atoms with van der Waals surface area (Å²) in [5.41, 5.74) is 0.304. The Hall–Kier alpha value is -0.800. The minimum absolute atomic E-state index is 0.304. The second-order valence-corrected chi connectivity index (χ2v) is 5.34. The highest BCUT2D eigenvalue weighted by Gasteiger charge is 2.08. The predicted molar refractivity (Wildman–Crippen MR) is 67.1 cm³/mol. The van der Waals surface area contributed by atoms with E-state index in [9.17, 15) is 0 Å². The molecule has 0 aliphatic heterocycles. The normalized spacial score (nSPS) is 11.5. The molecule has 4 heteroatoms. The van der Waals surface area contributed by atoms with Crippen LogP contribution in [0.5, 0.6) is 5.88 Å². The van der Waals surface area contributed by atoms with Crippen molar-refractivity contribution in [3.8, 4) is 5.88 Å². The van der Waals surface area contributed by atoms with Crippen LogP contribution in [0, 0.1) is 5.41 Å². The van der Waals surface area contributed by atoms with Gasteiger partial charge < -0.3 is 10.1 Å². The van der Waals surface area contributed by atoms with Crippen molar-refractivity contribution in [1.29, 1.82) is 0 Å². The van der Waals surface area contributed by atoms with Crippen LogP contribution in [0.2, 0.25) is 5.02 Å². The molecule has 1 rings (SSSR count). The first-order chi connectivity index (χ1) is 7.47. The number of hydrogen-bond donors (Lipinski definition) is 1. The topological polar surface area (TPSA) is 34.1 Å². The van der Waals surface area contributed by atoms with Crippen molar-refractivity contribution < 1.29 is 4.74 Å². The van der Waals surface area contributed by atoms with Gasteiger partial charge in [-0.25, -0.2) is 4.98 Å². The summed E-state index contributed by atoms with van der Waals surface area (Å²) in [7, 11) is 0. The number of aromatic nitrogens is 1. The molecule has 0 atom stereocenters. The first kappa shape index (κ1) is 13.3. The molecule has 0 aliphatic carbocycles. The van der Waals surface area contributed by atoms with Crippen molar-refractivity contribution in [2.24, 2.45) is 5.41 Å². The Labute approximate surface area is 102 Å². The molecule has 0 saturated heterocycles. The van der Waals surface area contributed by atoms with Crippen molar-refractivity contribution in [3.05, 3.63) is 23.4 Å². The van der Waals surface area contributed by atoms with Crippen LogP contribution in [0.15, 0.2) is 18.3 Å². The van der Waals surface area contributed by atoms with E-state index in [1.807, 2.05) is 0 Å². The van der Waals surface area contributed by atoms with Crippen LogP contribution >= 0.6 is 11.6 Å². The lowest BCUT2D eigenvalue weighted by Gasteiger charge is -2.18. The zero-order valence-electron chi connectivity index (χ0n) is 10.1. The largest absolute Gasteiger partial charge is 0.476 e. The minimum Gasteiger partial charge on any atom is -0.476 e. The Morgan fingerprint density at radius 2 is 2.12 bits per heavy atom. The van der Waals surface area contributed by atoms with E-state index in [2.05, 4.69) is 31.1 Å². The first-order valence-corrected chi connectivity index (χ1v) is 5.80. The molecule has 90 valence electrons. The monoisotopic (exact) mass is 242 g/mol. The van der Waals surface area contributed by atoms with Crippen molar-refractivity contribution in [2.75, 3.05) is 19.7 Å². The van der Waals surface area contributed by atoms with Gasteiger partial charge >= 0.3 is 0 Å². The van der Waals surface area contributed by atoms with Crippen molar-refractivity contribution in [1.82, 2.24) is 10.3 Å². The molecule has 1 N–H and O–H groups in total. The maximum atomic E-state index is 5.72. The van der Waals surface area contributed by atoms with Crippen molar-refractivity contribution in [2.45, 2.75) is 20.8 Å². The molecule has 1 aromatic heterocycles. The van der Waals surface area contributed by atoms with Gasteiger partial charge in [0.15, 0.2) is 0 Å². The quantitative estimate of drug-likeness (QED) is 0.807. The van der Waals surface area contributed by atoms with E-state index in [4.69, 9.17) is 16.3 Å². The number of ether oxygens (including phenoxy) is 1. The fourth-order valence-electron chi connectivity index (χ4n) is 1.14. The third-order valence-electron chi connectivity index (χ3n) is 1.88. The van der Waals surface area contributed by atoms with Gasteiger partial charge in [0, 0.05) is 25.4 Å². The smallest absolute Gasteiger partial charge is 0.213 e. The van der Waals surface area contributed by atoms with Crippen LogP contribution in [0.1, 0.15) is 20.8 Å². The molecule has 0 amide bonds. The Kier molecular flexibility index (Phi) is 5.03. The number of nitrogens with zero attached hydrogens (tertiary/aromatic N) is 1.